The number of aliphatic carboxylic acids is 1. The van der Waals surface area contributed by atoms with E-state index in [0.29, 0.717) is 0 Å². The average molecular weight is 191 g/mol. The smallest absolute Gasteiger partial charge is 0 e. The first-order valence-electron chi connectivity index (χ1n) is 1.10. The van der Waals surface area contributed by atoms with Crippen molar-refractivity contribution in [1.82, 2.24) is 0 Å². The number of hydrogen-bond acceptors (Lipinski definition) is 2. The van der Waals surface area contributed by atoms with E-state index in [0.717, 1.165) is 0 Å². The number of aliphatic hydroxyl groups is 1. The number of rotatable bonds is 1. The zero-order valence-electron chi connectivity index (χ0n) is 3.01. The molecule has 0 bridgehead atoms. The largest absolute Gasteiger partial charge is 0 e. The molecule has 3 nitrogen and oxygen atoms in total. The molecular formula is C2H5NaO3Zr. The van der Waals surface area contributed by atoms with Gasteiger partial charge in [-0.3, -0.25) is 0 Å². The van der Waals surface area contributed by atoms with Crippen molar-refractivity contribution >= 4 is 35.5 Å². The van der Waals surface area contributed by atoms with Crippen LogP contribution in [0.25, 0.3) is 0 Å². The predicted molar refractivity (Wildman–Crippen MR) is 21.9 cm³/mol. The molecule has 2 N–H and O–H groups in total. The van der Waals surface area contributed by atoms with Crippen LogP contribution >= 0.6 is 0 Å². The summed E-state index contributed by atoms with van der Waals surface area (Å²) in [4.78, 5) is 9.12. The van der Waals surface area contributed by atoms with E-state index < -0.39 is 12.6 Å². The minimum absolute atomic E-state index is 0. The Bertz CT molecular complexity index is 48.2. The predicted octanol–water partition coefficient (Wildman–Crippen LogP) is -1.59. The monoisotopic (exact) mass is 190 g/mol. The van der Waals surface area contributed by atoms with Gasteiger partial charge in [0.25, 0.3) is 0 Å². The standard InChI is InChI=1S/C2H4O3.Na.Zr.H/c3-1-2(4)5;;;/h3H,1H2,(H,4,5);;;. The van der Waals surface area contributed by atoms with E-state index in [1.165, 1.54) is 0 Å². The molecule has 0 radical (unpaired) electrons. The number of aliphatic hydroxyl groups excluding tert-OH is 1. The Morgan fingerprint density at radius 2 is 1.71 bits per heavy atom. The fourth-order valence-corrected chi connectivity index (χ4v) is 0. The quantitative estimate of drug-likeness (QED) is 0.491. The molecule has 0 aliphatic heterocycles. The Hall–Kier alpha value is 1.31. The summed E-state index contributed by atoms with van der Waals surface area (Å²) in [6, 6.07) is 0. The van der Waals surface area contributed by atoms with Gasteiger partial charge >= 0.3 is 35.5 Å². The Morgan fingerprint density at radius 3 is 1.71 bits per heavy atom. The van der Waals surface area contributed by atoms with Crippen molar-refractivity contribution in [3.8, 4) is 0 Å². The molecule has 5 heteroatoms. The van der Waals surface area contributed by atoms with Crippen LogP contribution in [0.4, 0.5) is 0 Å². The molecule has 0 aromatic heterocycles. The molecule has 0 spiro atoms. The number of carboxylic acid groups (broad SMARTS) is 1. The van der Waals surface area contributed by atoms with E-state index in [-0.39, 0.29) is 55.8 Å². The van der Waals surface area contributed by atoms with E-state index in [4.69, 9.17) is 15.0 Å². The molecular weight excluding hydrogens is 186 g/mol. The van der Waals surface area contributed by atoms with Crippen LogP contribution in [0.1, 0.15) is 0 Å². The summed E-state index contributed by atoms with van der Waals surface area (Å²) < 4.78 is 0. The first-order chi connectivity index (χ1) is 2.27. The van der Waals surface area contributed by atoms with Gasteiger partial charge in [-0.2, -0.15) is 0 Å². The summed E-state index contributed by atoms with van der Waals surface area (Å²) in [7, 11) is 0. The van der Waals surface area contributed by atoms with Crippen LogP contribution in [-0.4, -0.2) is 52.3 Å². The van der Waals surface area contributed by atoms with Gasteiger partial charge in [-0.1, -0.05) is 0 Å². The molecule has 0 fully saturated rings. The van der Waals surface area contributed by atoms with E-state index in [2.05, 4.69) is 0 Å². The second-order valence-electron chi connectivity index (χ2n) is 0.552. The van der Waals surface area contributed by atoms with Crippen LogP contribution < -0.4 is 0 Å². The van der Waals surface area contributed by atoms with E-state index >= 15 is 0 Å². The summed E-state index contributed by atoms with van der Waals surface area (Å²) >= 11 is 0. The van der Waals surface area contributed by atoms with Gasteiger partial charge in [0.05, 0.1) is 0 Å². The molecule has 0 unspecified atom stereocenters. The minimum Gasteiger partial charge on any atom is 0 e. The molecule has 0 aromatic carbocycles. The average Bonchev–Trinajstić information content (AvgIpc) is 1.38. The number of carboxylic acids is 1. The maximum atomic E-state index is 9.12. The first-order valence-corrected chi connectivity index (χ1v) is 1.10. The van der Waals surface area contributed by atoms with Crippen LogP contribution in [0.2, 0.25) is 0 Å². The molecule has 0 aliphatic carbocycles. The maximum Gasteiger partial charge on any atom is 0 e. The molecule has 0 heterocycles. The molecule has 0 rings (SSSR count). The fraction of sp³-hybridized carbons (Fsp3) is 0.500. The number of carbonyl (C=O) groups is 1. The van der Waals surface area contributed by atoms with Crippen molar-refractivity contribution in [2.45, 2.75) is 0 Å². The molecule has 0 aliphatic rings. The Kier molecular flexibility index (Phi) is 23.2. The summed E-state index contributed by atoms with van der Waals surface area (Å²) in [6.07, 6.45) is 0. The zero-order chi connectivity index (χ0) is 4.28. The molecule has 7 heavy (non-hydrogen) atoms. The normalized spacial score (nSPS) is 5.29. The van der Waals surface area contributed by atoms with Crippen LogP contribution in [0.5, 0.6) is 0 Å². The van der Waals surface area contributed by atoms with Gasteiger partial charge in [0.2, 0.25) is 0 Å². The van der Waals surface area contributed by atoms with Crippen molar-refractivity contribution < 1.29 is 41.2 Å². The molecule has 0 saturated heterocycles. The summed E-state index contributed by atoms with van der Waals surface area (Å²) in [5.74, 6) is -1.19. The SMILES string of the molecule is O=C(O)CO.[NaH].[Zr]. The van der Waals surface area contributed by atoms with Crippen LogP contribution in [0.3, 0.4) is 0 Å². The zero-order valence-corrected chi connectivity index (χ0v) is 5.47. The van der Waals surface area contributed by atoms with Crippen LogP contribution in [0, 0.1) is 0 Å². The molecule has 0 amide bonds. The van der Waals surface area contributed by atoms with Gasteiger partial charge in [0.15, 0.2) is 0 Å². The van der Waals surface area contributed by atoms with Crippen molar-refractivity contribution in [2.24, 2.45) is 0 Å². The van der Waals surface area contributed by atoms with Gasteiger partial charge < -0.3 is 10.2 Å². The third kappa shape index (κ3) is 18.8. The van der Waals surface area contributed by atoms with E-state index in [9.17, 15) is 0 Å². The Balaban J connectivity index is -0.0000000800. The summed E-state index contributed by atoms with van der Waals surface area (Å²) in [6.45, 7) is -0.778. The van der Waals surface area contributed by atoms with Crippen molar-refractivity contribution in [3.63, 3.8) is 0 Å². The van der Waals surface area contributed by atoms with Gasteiger partial charge in [-0.15, -0.1) is 0 Å². The minimum atomic E-state index is -1.19. The van der Waals surface area contributed by atoms with Crippen LogP contribution in [0.15, 0.2) is 0 Å². The van der Waals surface area contributed by atoms with Gasteiger partial charge in [-0.05, 0) is 0 Å². The molecule has 36 valence electrons. The second-order valence-corrected chi connectivity index (χ2v) is 0.552. The van der Waals surface area contributed by atoms with Crippen molar-refractivity contribution in [3.05, 3.63) is 0 Å². The Labute approximate surface area is 82.5 Å². The maximum absolute atomic E-state index is 9.12. The first kappa shape index (κ1) is 15.7. The number of hydrogen-bond donors (Lipinski definition) is 2. The van der Waals surface area contributed by atoms with Gasteiger partial charge in [-0.25, -0.2) is 4.79 Å². The van der Waals surface area contributed by atoms with Crippen molar-refractivity contribution in [1.29, 1.82) is 0 Å². The van der Waals surface area contributed by atoms with Gasteiger partial charge in [0, 0.05) is 26.2 Å². The van der Waals surface area contributed by atoms with Gasteiger partial charge in [0.1, 0.15) is 6.61 Å². The third-order valence-corrected chi connectivity index (χ3v) is 0.135. The third-order valence-electron chi connectivity index (χ3n) is 0.135. The summed E-state index contributed by atoms with van der Waals surface area (Å²) in [5, 5.41) is 15.0. The van der Waals surface area contributed by atoms with E-state index in [1.807, 2.05) is 0 Å². The molecule has 0 atom stereocenters. The molecule has 0 saturated carbocycles. The summed E-state index contributed by atoms with van der Waals surface area (Å²) in [5.41, 5.74) is 0. The van der Waals surface area contributed by atoms with Crippen LogP contribution in [-0.2, 0) is 31.0 Å². The Morgan fingerprint density at radius 1 is 1.57 bits per heavy atom. The topological polar surface area (TPSA) is 57.5 Å². The van der Waals surface area contributed by atoms with E-state index in [1.54, 1.807) is 0 Å². The second kappa shape index (κ2) is 10.3. The fourth-order valence-electron chi connectivity index (χ4n) is 0. The van der Waals surface area contributed by atoms with Crippen molar-refractivity contribution in [2.75, 3.05) is 6.61 Å². The molecule has 0 aromatic rings.